The molecule has 2 amide bonds. The third-order valence-corrected chi connectivity index (χ3v) is 5.69. The number of hydrogen-bond donors (Lipinski definition) is 0. The highest BCUT2D eigenvalue weighted by Gasteiger charge is 2.62. The standard InChI is InChI=1S/C18H15ClN2O4/c1-8(2)14-10-4-5-11(14)16-15(10)17(22)20(18(16)23)13-7-9(21(24)25)3-6-12(13)19/h3-7,10-11,15-16H,1-2H3/t10-,11+,15-,16-/m0/s1. The Morgan fingerprint density at radius 3 is 2.16 bits per heavy atom. The number of halogens is 1. The van der Waals surface area contributed by atoms with E-state index in [2.05, 4.69) is 0 Å². The molecule has 0 radical (unpaired) electrons. The van der Waals surface area contributed by atoms with E-state index in [1.54, 1.807) is 0 Å². The van der Waals surface area contributed by atoms with Gasteiger partial charge in [0.05, 0.1) is 27.5 Å². The van der Waals surface area contributed by atoms with Gasteiger partial charge in [-0.25, -0.2) is 4.90 Å². The highest BCUT2D eigenvalue weighted by Crippen LogP contribution is 2.57. The molecular formula is C18H15ClN2O4. The molecule has 1 saturated heterocycles. The lowest BCUT2D eigenvalue weighted by molar-refractivity contribution is -0.384. The first-order valence-corrected chi connectivity index (χ1v) is 8.38. The molecule has 0 aromatic heterocycles. The molecule has 2 aliphatic carbocycles. The van der Waals surface area contributed by atoms with Crippen LogP contribution in [0, 0.1) is 33.8 Å². The van der Waals surface area contributed by atoms with Crippen molar-refractivity contribution in [3.63, 3.8) is 0 Å². The molecule has 4 rings (SSSR count). The van der Waals surface area contributed by atoms with E-state index < -0.39 is 16.8 Å². The van der Waals surface area contributed by atoms with Crippen LogP contribution in [0.5, 0.6) is 0 Å². The van der Waals surface area contributed by atoms with Crippen LogP contribution >= 0.6 is 11.6 Å². The Balaban J connectivity index is 1.79. The maximum atomic E-state index is 13.0. The summed E-state index contributed by atoms with van der Waals surface area (Å²) >= 11 is 6.14. The minimum absolute atomic E-state index is 0.0704. The monoisotopic (exact) mass is 358 g/mol. The van der Waals surface area contributed by atoms with E-state index in [-0.39, 0.29) is 40.0 Å². The number of non-ortho nitro benzene ring substituents is 1. The van der Waals surface area contributed by atoms with Gasteiger partial charge in [0.1, 0.15) is 0 Å². The van der Waals surface area contributed by atoms with Gasteiger partial charge in [-0.2, -0.15) is 0 Å². The fraction of sp³-hybridized carbons (Fsp3) is 0.333. The van der Waals surface area contributed by atoms with Crippen molar-refractivity contribution >= 4 is 34.8 Å². The van der Waals surface area contributed by atoms with Crippen LogP contribution in [0.1, 0.15) is 13.8 Å². The van der Waals surface area contributed by atoms with Crippen molar-refractivity contribution in [3.8, 4) is 0 Å². The Morgan fingerprint density at radius 2 is 1.68 bits per heavy atom. The Kier molecular flexibility index (Phi) is 3.37. The SMILES string of the molecule is CC(C)=C1[C@H]2C=C[C@@H]1[C@@H]1C(=O)N(c3cc([N+](=O)[O-])ccc3Cl)C(=O)[C@H]12. The highest BCUT2D eigenvalue weighted by molar-refractivity contribution is 6.36. The molecule has 0 unspecified atom stereocenters. The minimum atomic E-state index is -0.571. The molecule has 7 heteroatoms. The first kappa shape index (κ1) is 16.0. The van der Waals surface area contributed by atoms with Crippen LogP contribution < -0.4 is 4.90 Å². The number of benzene rings is 1. The number of nitrogens with zero attached hydrogens (tertiary/aromatic N) is 2. The van der Waals surface area contributed by atoms with Crippen molar-refractivity contribution in [2.75, 3.05) is 4.90 Å². The van der Waals surface area contributed by atoms with E-state index in [1.807, 2.05) is 26.0 Å². The minimum Gasteiger partial charge on any atom is -0.274 e. The van der Waals surface area contributed by atoms with Crippen LogP contribution in [0.25, 0.3) is 0 Å². The normalized spacial score (nSPS) is 29.6. The summed E-state index contributed by atoms with van der Waals surface area (Å²) in [7, 11) is 0. The molecule has 2 fully saturated rings. The molecule has 1 heterocycles. The van der Waals surface area contributed by atoms with E-state index in [1.165, 1.54) is 18.2 Å². The van der Waals surface area contributed by atoms with Gasteiger partial charge in [0.15, 0.2) is 0 Å². The first-order valence-electron chi connectivity index (χ1n) is 8.00. The van der Waals surface area contributed by atoms with E-state index >= 15 is 0 Å². The lowest BCUT2D eigenvalue weighted by Crippen LogP contribution is -2.33. The number of fused-ring (bicyclic) bond motifs is 5. The summed E-state index contributed by atoms with van der Waals surface area (Å²) in [6.45, 7) is 3.99. The number of nitro benzene ring substituents is 1. The Morgan fingerprint density at radius 1 is 1.12 bits per heavy atom. The number of allylic oxidation sites excluding steroid dienone is 4. The van der Waals surface area contributed by atoms with Crippen LogP contribution in [-0.2, 0) is 9.59 Å². The number of carbonyl (C=O) groups excluding carboxylic acids is 2. The number of carbonyl (C=O) groups is 2. The summed E-state index contributed by atoms with van der Waals surface area (Å²) in [5.74, 6) is -1.68. The average molecular weight is 359 g/mol. The predicted molar refractivity (Wildman–Crippen MR) is 92.1 cm³/mol. The van der Waals surface area contributed by atoms with Crippen molar-refractivity contribution in [2.24, 2.45) is 23.7 Å². The molecule has 1 aromatic carbocycles. The second kappa shape index (κ2) is 5.26. The zero-order valence-electron chi connectivity index (χ0n) is 13.6. The number of rotatable bonds is 2. The molecule has 0 N–H and O–H groups in total. The van der Waals surface area contributed by atoms with Gasteiger partial charge in [-0.1, -0.05) is 34.9 Å². The summed E-state index contributed by atoms with van der Waals surface area (Å²) < 4.78 is 0. The Bertz CT molecular complexity index is 866. The smallest absolute Gasteiger partial charge is 0.271 e. The van der Waals surface area contributed by atoms with Crippen molar-refractivity contribution in [1.29, 1.82) is 0 Å². The third kappa shape index (κ3) is 2.03. The second-order valence-corrected chi connectivity index (χ2v) is 7.26. The molecule has 1 aromatic rings. The van der Waals surface area contributed by atoms with Gasteiger partial charge in [-0.05, 0) is 19.9 Å². The van der Waals surface area contributed by atoms with Gasteiger partial charge in [-0.15, -0.1) is 0 Å². The molecular weight excluding hydrogens is 344 g/mol. The lowest BCUT2D eigenvalue weighted by atomic mass is 9.85. The Labute approximate surface area is 148 Å². The molecule has 25 heavy (non-hydrogen) atoms. The molecule has 1 saturated carbocycles. The predicted octanol–water partition coefficient (Wildman–Crippen LogP) is 3.51. The van der Waals surface area contributed by atoms with Gasteiger partial charge in [0.2, 0.25) is 11.8 Å². The van der Waals surface area contributed by atoms with Gasteiger partial charge in [0.25, 0.3) is 5.69 Å². The molecule has 128 valence electrons. The second-order valence-electron chi connectivity index (χ2n) is 6.85. The molecule has 1 aliphatic heterocycles. The Hall–Kier alpha value is -2.47. The molecule has 4 atom stereocenters. The topological polar surface area (TPSA) is 80.5 Å². The molecule has 6 nitrogen and oxygen atoms in total. The fourth-order valence-electron chi connectivity index (χ4n) is 4.45. The lowest BCUT2D eigenvalue weighted by Gasteiger charge is -2.20. The van der Waals surface area contributed by atoms with Crippen LogP contribution in [0.15, 0.2) is 41.5 Å². The molecule has 2 bridgehead atoms. The number of imide groups is 1. The zero-order chi connectivity index (χ0) is 18.0. The van der Waals surface area contributed by atoms with E-state index in [0.29, 0.717) is 0 Å². The number of amides is 2. The van der Waals surface area contributed by atoms with Gasteiger partial charge in [0, 0.05) is 24.0 Å². The number of hydrogen-bond acceptors (Lipinski definition) is 4. The van der Waals surface area contributed by atoms with Crippen molar-refractivity contribution in [1.82, 2.24) is 0 Å². The van der Waals surface area contributed by atoms with Crippen molar-refractivity contribution in [3.05, 3.63) is 56.6 Å². The zero-order valence-corrected chi connectivity index (χ0v) is 14.4. The summed E-state index contributed by atoms with van der Waals surface area (Å²) in [5, 5.41) is 11.2. The van der Waals surface area contributed by atoms with Gasteiger partial charge < -0.3 is 0 Å². The largest absolute Gasteiger partial charge is 0.274 e. The average Bonchev–Trinajstić information content (AvgIpc) is 3.18. The maximum Gasteiger partial charge on any atom is 0.271 e. The summed E-state index contributed by atoms with van der Waals surface area (Å²) in [4.78, 5) is 37.5. The quantitative estimate of drug-likeness (QED) is 0.350. The fourth-order valence-corrected chi connectivity index (χ4v) is 4.66. The van der Waals surface area contributed by atoms with Crippen LogP contribution in [0.3, 0.4) is 0 Å². The van der Waals surface area contributed by atoms with Crippen LogP contribution in [0.4, 0.5) is 11.4 Å². The summed E-state index contributed by atoms with van der Waals surface area (Å²) in [6, 6.07) is 3.79. The van der Waals surface area contributed by atoms with Gasteiger partial charge in [-0.3, -0.25) is 19.7 Å². The first-order chi connectivity index (χ1) is 11.8. The van der Waals surface area contributed by atoms with Crippen molar-refractivity contribution in [2.45, 2.75) is 13.8 Å². The van der Waals surface area contributed by atoms with Crippen LogP contribution in [0.2, 0.25) is 5.02 Å². The van der Waals surface area contributed by atoms with E-state index in [4.69, 9.17) is 11.6 Å². The molecule has 3 aliphatic rings. The number of nitro groups is 1. The molecule has 0 spiro atoms. The summed E-state index contributed by atoms with van der Waals surface area (Å²) in [5.41, 5.74) is 2.18. The van der Waals surface area contributed by atoms with E-state index in [0.717, 1.165) is 16.0 Å². The highest BCUT2D eigenvalue weighted by atomic mass is 35.5. The van der Waals surface area contributed by atoms with E-state index in [9.17, 15) is 19.7 Å². The number of anilines is 1. The van der Waals surface area contributed by atoms with Crippen LogP contribution in [-0.4, -0.2) is 16.7 Å². The third-order valence-electron chi connectivity index (χ3n) is 5.37. The summed E-state index contributed by atoms with van der Waals surface area (Å²) in [6.07, 6.45) is 4.00. The van der Waals surface area contributed by atoms with Gasteiger partial charge >= 0.3 is 0 Å². The van der Waals surface area contributed by atoms with Crippen molar-refractivity contribution < 1.29 is 14.5 Å². The maximum absolute atomic E-state index is 13.0.